The second-order valence-corrected chi connectivity index (χ2v) is 9.01. The third-order valence-corrected chi connectivity index (χ3v) is 6.28. The summed E-state index contributed by atoms with van der Waals surface area (Å²) in [7, 11) is 0. The first-order chi connectivity index (χ1) is 19.5. The van der Waals surface area contributed by atoms with Gasteiger partial charge in [-0.15, -0.1) is 10.2 Å². The number of carbonyl (C=O) groups is 1. The van der Waals surface area contributed by atoms with Gasteiger partial charge in [0.2, 0.25) is 11.8 Å². The van der Waals surface area contributed by atoms with Crippen molar-refractivity contribution in [1.82, 2.24) is 34.5 Å². The normalized spacial score (nSPS) is 10.9. The van der Waals surface area contributed by atoms with Gasteiger partial charge < -0.3 is 15.4 Å². The van der Waals surface area contributed by atoms with E-state index in [1.165, 1.54) is 12.4 Å². The molecule has 0 aliphatic carbocycles. The Morgan fingerprint density at radius 3 is 2.73 bits per heavy atom. The molecule has 0 saturated carbocycles. The van der Waals surface area contributed by atoms with Crippen molar-refractivity contribution >= 4 is 39.8 Å². The van der Waals surface area contributed by atoms with Crippen LogP contribution in [0.2, 0.25) is 0 Å². The van der Waals surface area contributed by atoms with Crippen LogP contribution in [0, 0.1) is 13.8 Å². The van der Waals surface area contributed by atoms with Crippen LogP contribution >= 0.6 is 0 Å². The fourth-order valence-electron chi connectivity index (χ4n) is 4.29. The van der Waals surface area contributed by atoms with E-state index in [1.807, 2.05) is 56.3 Å². The Morgan fingerprint density at radius 2 is 1.90 bits per heavy atom. The Morgan fingerprint density at radius 1 is 1.00 bits per heavy atom. The van der Waals surface area contributed by atoms with Crippen molar-refractivity contribution in [2.24, 2.45) is 0 Å². The summed E-state index contributed by atoms with van der Waals surface area (Å²) < 4.78 is 7.70. The predicted molar refractivity (Wildman–Crippen MR) is 152 cm³/mol. The summed E-state index contributed by atoms with van der Waals surface area (Å²) in [6.07, 6.45) is 5.93. The van der Waals surface area contributed by atoms with E-state index in [4.69, 9.17) is 4.74 Å². The maximum absolute atomic E-state index is 11.6. The van der Waals surface area contributed by atoms with Gasteiger partial charge in [0.15, 0.2) is 5.65 Å². The molecule has 0 fully saturated rings. The van der Waals surface area contributed by atoms with Gasteiger partial charge in [0, 0.05) is 28.4 Å². The zero-order valence-corrected chi connectivity index (χ0v) is 21.7. The van der Waals surface area contributed by atoms with Crippen molar-refractivity contribution in [2.75, 3.05) is 10.6 Å². The molecule has 6 aromatic rings. The molecule has 0 aliphatic heterocycles. The Bertz CT molecular complexity index is 1920. The second kappa shape index (κ2) is 10.2. The standard InChI is InChI=1S/C29H23N9O2/c1-4-27(39)36-25-10-7-21(18(3)34-25)19-5-8-23-22(12-19)29(31-14-30-23)35-20-6-9-24(17(2)11-20)40-28-13-26-37-33-16-38(26)15-32-28/h4-16H,1H2,2-3H3,(H,30,31,35)(H,34,36,39). The van der Waals surface area contributed by atoms with Crippen LogP contribution < -0.4 is 15.4 Å². The van der Waals surface area contributed by atoms with Gasteiger partial charge in [-0.3, -0.25) is 9.20 Å². The first-order valence-electron chi connectivity index (χ1n) is 12.3. The lowest BCUT2D eigenvalue weighted by Gasteiger charge is -2.13. The SMILES string of the molecule is C=CC(=O)Nc1ccc(-c2ccc3ncnc(Nc4ccc(Oc5cc6nncn6cn5)c(C)c4)c3c2)c(C)n1. The third kappa shape index (κ3) is 4.90. The molecule has 11 nitrogen and oxygen atoms in total. The summed E-state index contributed by atoms with van der Waals surface area (Å²) in [5.74, 6) is 1.93. The third-order valence-electron chi connectivity index (χ3n) is 6.28. The highest BCUT2D eigenvalue weighted by Gasteiger charge is 2.12. The van der Waals surface area contributed by atoms with Crippen LogP contribution in [0.3, 0.4) is 0 Å². The van der Waals surface area contributed by atoms with Crippen molar-refractivity contribution in [3.05, 3.63) is 97.5 Å². The van der Waals surface area contributed by atoms with Gasteiger partial charge in [-0.05, 0) is 73.5 Å². The molecule has 0 radical (unpaired) electrons. The lowest BCUT2D eigenvalue weighted by Crippen LogP contribution is -2.09. The molecule has 2 N–H and O–H groups in total. The summed E-state index contributed by atoms with van der Waals surface area (Å²) in [4.78, 5) is 29.4. The number of ether oxygens (including phenoxy) is 1. The van der Waals surface area contributed by atoms with Crippen LogP contribution in [0.1, 0.15) is 11.3 Å². The maximum atomic E-state index is 11.6. The summed E-state index contributed by atoms with van der Waals surface area (Å²) in [5, 5.41) is 14.8. The maximum Gasteiger partial charge on any atom is 0.248 e. The Balaban J connectivity index is 1.26. The number of anilines is 3. The van der Waals surface area contributed by atoms with Crippen molar-refractivity contribution in [1.29, 1.82) is 0 Å². The molecular formula is C29H23N9O2. The molecule has 40 heavy (non-hydrogen) atoms. The van der Waals surface area contributed by atoms with E-state index in [-0.39, 0.29) is 5.91 Å². The highest BCUT2D eigenvalue weighted by molar-refractivity contribution is 5.98. The van der Waals surface area contributed by atoms with Crippen molar-refractivity contribution in [2.45, 2.75) is 13.8 Å². The monoisotopic (exact) mass is 529 g/mol. The summed E-state index contributed by atoms with van der Waals surface area (Å²) in [6, 6.07) is 17.2. The fraction of sp³-hybridized carbons (Fsp3) is 0.0690. The molecule has 4 aromatic heterocycles. The van der Waals surface area contributed by atoms with Gasteiger partial charge in [-0.2, -0.15) is 0 Å². The van der Waals surface area contributed by atoms with Crippen LogP contribution in [0.15, 0.2) is 86.2 Å². The van der Waals surface area contributed by atoms with Gasteiger partial charge in [0.25, 0.3) is 0 Å². The minimum atomic E-state index is -0.307. The van der Waals surface area contributed by atoms with E-state index >= 15 is 0 Å². The van der Waals surface area contributed by atoms with E-state index in [9.17, 15) is 4.79 Å². The number of benzene rings is 2. The van der Waals surface area contributed by atoms with Gasteiger partial charge in [-0.1, -0.05) is 12.6 Å². The number of carbonyl (C=O) groups excluding carboxylic acids is 1. The number of nitrogens with one attached hydrogen (secondary N) is 2. The molecular weight excluding hydrogens is 506 g/mol. The van der Waals surface area contributed by atoms with E-state index in [1.54, 1.807) is 29.2 Å². The van der Waals surface area contributed by atoms with Gasteiger partial charge in [0.1, 0.15) is 36.4 Å². The number of amides is 1. The smallest absolute Gasteiger partial charge is 0.248 e. The number of nitrogens with zero attached hydrogens (tertiary/aromatic N) is 7. The summed E-state index contributed by atoms with van der Waals surface area (Å²) >= 11 is 0. The molecule has 0 spiro atoms. The van der Waals surface area contributed by atoms with Crippen LogP contribution in [0.5, 0.6) is 11.6 Å². The number of hydrogen-bond acceptors (Lipinski definition) is 9. The Labute approximate surface area is 228 Å². The Kier molecular flexibility index (Phi) is 6.29. The molecule has 6 rings (SSSR count). The number of hydrogen-bond donors (Lipinski definition) is 2. The summed E-state index contributed by atoms with van der Waals surface area (Å²) in [5.41, 5.74) is 5.87. The molecule has 0 atom stereocenters. The number of rotatable bonds is 7. The fourth-order valence-corrected chi connectivity index (χ4v) is 4.29. The molecule has 0 unspecified atom stereocenters. The average Bonchev–Trinajstić information content (AvgIpc) is 3.43. The quantitative estimate of drug-likeness (QED) is 0.261. The molecule has 2 aromatic carbocycles. The zero-order chi connectivity index (χ0) is 27.6. The van der Waals surface area contributed by atoms with E-state index in [0.29, 0.717) is 28.9 Å². The summed E-state index contributed by atoms with van der Waals surface area (Å²) in [6.45, 7) is 7.33. The minimum absolute atomic E-state index is 0.307. The van der Waals surface area contributed by atoms with Crippen LogP contribution in [-0.4, -0.2) is 40.4 Å². The number of pyridine rings is 1. The lowest BCUT2D eigenvalue weighted by molar-refractivity contribution is -0.111. The molecule has 0 bridgehead atoms. The molecule has 196 valence electrons. The highest BCUT2D eigenvalue weighted by atomic mass is 16.5. The zero-order valence-electron chi connectivity index (χ0n) is 21.7. The van der Waals surface area contributed by atoms with Crippen LogP contribution in [-0.2, 0) is 4.79 Å². The number of fused-ring (bicyclic) bond motifs is 2. The highest BCUT2D eigenvalue weighted by Crippen LogP contribution is 2.32. The van der Waals surface area contributed by atoms with Gasteiger partial charge in [0.05, 0.1) is 5.52 Å². The number of aryl methyl sites for hydroxylation is 2. The van der Waals surface area contributed by atoms with Crippen LogP contribution in [0.25, 0.3) is 27.7 Å². The second-order valence-electron chi connectivity index (χ2n) is 9.01. The molecule has 1 amide bonds. The van der Waals surface area contributed by atoms with Gasteiger partial charge >= 0.3 is 0 Å². The first kappa shape index (κ1) is 24.6. The van der Waals surface area contributed by atoms with Crippen LogP contribution in [0.4, 0.5) is 17.3 Å². The Hall–Kier alpha value is -5.71. The van der Waals surface area contributed by atoms with Crippen molar-refractivity contribution in [3.8, 4) is 22.8 Å². The molecule has 0 saturated heterocycles. The predicted octanol–water partition coefficient (Wildman–Crippen LogP) is 5.41. The average molecular weight is 530 g/mol. The molecule has 0 aliphatic rings. The van der Waals surface area contributed by atoms with Crippen molar-refractivity contribution < 1.29 is 9.53 Å². The largest absolute Gasteiger partial charge is 0.439 e. The van der Waals surface area contributed by atoms with E-state index < -0.39 is 0 Å². The first-order valence-corrected chi connectivity index (χ1v) is 12.3. The number of aromatic nitrogens is 7. The minimum Gasteiger partial charge on any atom is -0.439 e. The lowest BCUT2D eigenvalue weighted by atomic mass is 10.0. The van der Waals surface area contributed by atoms with Gasteiger partial charge in [-0.25, -0.2) is 19.9 Å². The topological polar surface area (TPSA) is 132 Å². The molecule has 11 heteroatoms. The van der Waals surface area contributed by atoms with E-state index in [0.717, 1.165) is 39.0 Å². The van der Waals surface area contributed by atoms with Crippen molar-refractivity contribution in [3.63, 3.8) is 0 Å². The molecule has 4 heterocycles. The van der Waals surface area contributed by atoms with E-state index in [2.05, 4.69) is 47.3 Å².